The average Bonchev–Trinajstić information content (AvgIpc) is 3.27. The molecule has 1 aliphatic heterocycles. The van der Waals surface area contributed by atoms with Gasteiger partial charge in [-0.3, -0.25) is 14.2 Å². The Kier molecular flexibility index (Phi) is 6.12. The highest BCUT2D eigenvalue weighted by molar-refractivity contribution is 8.00. The predicted molar refractivity (Wildman–Crippen MR) is 102 cm³/mol. The summed E-state index contributed by atoms with van der Waals surface area (Å²) in [7, 11) is 0. The molecule has 8 nitrogen and oxygen atoms in total. The Labute approximate surface area is 160 Å². The number of aromatic nitrogens is 3. The van der Waals surface area contributed by atoms with E-state index in [1.54, 1.807) is 31.2 Å². The molecule has 2 atom stereocenters. The molecule has 0 spiro atoms. The van der Waals surface area contributed by atoms with E-state index < -0.39 is 5.25 Å². The largest absolute Gasteiger partial charge is 0.376 e. The van der Waals surface area contributed by atoms with Crippen molar-refractivity contribution in [3.05, 3.63) is 40.3 Å². The summed E-state index contributed by atoms with van der Waals surface area (Å²) in [6, 6.07) is 6.86. The highest BCUT2D eigenvalue weighted by Crippen LogP contribution is 2.24. The molecule has 1 amide bonds. The molecule has 3 rings (SSSR count). The maximum Gasteiger partial charge on any atom is 0.344 e. The third kappa shape index (κ3) is 4.67. The van der Waals surface area contributed by atoms with Crippen molar-refractivity contribution in [3.63, 3.8) is 0 Å². The number of ketones is 1. The number of hydrogen-bond donors (Lipinski definition) is 2. The van der Waals surface area contributed by atoms with Crippen LogP contribution in [0.1, 0.15) is 37.0 Å². The summed E-state index contributed by atoms with van der Waals surface area (Å²) in [5, 5.41) is 9.18. The first-order valence-corrected chi connectivity index (χ1v) is 9.68. The minimum absolute atomic E-state index is 0.00812. The van der Waals surface area contributed by atoms with Crippen LogP contribution in [0.5, 0.6) is 0 Å². The molecule has 0 bridgehead atoms. The zero-order valence-electron chi connectivity index (χ0n) is 15.2. The number of H-pyrrole nitrogens is 1. The fourth-order valence-electron chi connectivity index (χ4n) is 2.89. The molecule has 9 heteroatoms. The van der Waals surface area contributed by atoms with Crippen LogP contribution in [0.25, 0.3) is 0 Å². The maximum atomic E-state index is 12.6. The van der Waals surface area contributed by atoms with Crippen molar-refractivity contribution >= 4 is 29.1 Å². The summed E-state index contributed by atoms with van der Waals surface area (Å²) in [4.78, 5) is 36.3. The van der Waals surface area contributed by atoms with E-state index in [0.29, 0.717) is 29.6 Å². The Morgan fingerprint density at radius 2 is 2.22 bits per heavy atom. The summed E-state index contributed by atoms with van der Waals surface area (Å²) in [5.74, 6) is -0.392. The summed E-state index contributed by atoms with van der Waals surface area (Å²) >= 11 is 1.18. The number of anilines is 1. The van der Waals surface area contributed by atoms with Crippen LogP contribution in [0, 0.1) is 0 Å². The number of Topliss-reactive ketones (excluding diaryl/α,β-unsaturated/α-hetero) is 1. The van der Waals surface area contributed by atoms with Gasteiger partial charge in [-0.05, 0) is 38.8 Å². The number of para-hydroxylation sites is 1. The first-order chi connectivity index (χ1) is 13.0. The molecular weight excluding hydrogens is 368 g/mol. The molecule has 1 saturated heterocycles. The van der Waals surface area contributed by atoms with Gasteiger partial charge in [0.05, 0.1) is 23.6 Å². The lowest BCUT2D eigenvalue weighted by Gasteiger charge is -2.15. The van der Waals surface area contributed by atoms with Crippen molar-refractivity contribution in [1.82, 2.24) is 14.8 Å². The van der Waals surface area contributed by atoms with E-state index in [-0.39, 0.29) is 23.5 Å². The van der Waals surface area contributed by atoms with E-state index in [1.807, 2.05) is 0 Å². The van der Waals surface area contributed by atoms with Gasteiger partial charge in [0, 0.05) is 12.2 Å². The Bertz CT molecular complexity index is 885. The van der Waals surface area contributed by atoms with Gasteiger partial charge in [-0.2, -0.15) is 0 Å². The molecule has 0 saturated carbocycles. The molecule has 2 N–H and O–H groups in total. The van der Waals surface area contributed by atoms with E-state index in [4.69, 9.17) is 4.74 Å². The zero-order chi connectivity index (χ0) is 19.4. The number of hydrogen-bond acceptors (Lipinski definition) is 6. The van der Waals surface area contributed by atoms with Crippen LogP contribution < -0.4 is 11.0 Å². The second kappa shape index (κ2) is 8.53. The third-order valence-electron chi connectivity index (χ3n) is 4.35. The van der Waals surface area contributed by atoms with Gasteiger partial charge < -0.3 is 10.1 Å². The SMILES string of the molecule is CC(=O)c1ccccc1NC(=O)[C@H](C)Sc1n[nH]c(=O)n1C[C@H]1CCCO1. The number of amides is 1. The number of carbonyl (C=O) groups is 2. The van der Waals surface area contributed by atoms with E-state index in [1.165, 1.54) is 23.3 Å². The lowest BCUT2D eigenvalue weighted by molar-refractivity contribution is -0.115. The van der Waals surface area contributed by atoms with Gasteiger partial charge in [-0.1, -0.05) is 23.9 Å². The molecular formula is C18H22N4O4S. The number of carbonyl (C=O) groups excluding carboxylic acids is 2. The lowest BCUT2D eigenvalue weighted by atomic mass is 10.1. The van der Waals surface area contributed by atoms with Crippen molar-refractivity contribution in [2.24, 2.45) is 0 Å². The van der Waals surface area contributed by atoms with Crippen molar-refractivity contribution < 1.29 is 14.3 Å². The van der Waals surface area contributed by atoms with Gasteiger partial charge in [0.1, 0.15) is 0 Å². The number of ether oxygens (including phenoxy) is 1. The lowest BCUT2D eigenvalue weighted by Crippen LogP contribution is -2.27. The van der Waals surface area contributed by atoms with Gasteiger partial charge in [-0.25, -0.2) is 9.89 Å². The number of nitrogens with zero attached hydrogens (tertiary/aromatic N) is 2. The standard InChI is InChI=1S/C18H22N4O4S/c1-11(23)14-7-3-4-8-15(14)19-16(24)12(2)27-18-21-20-17(25)22(18)10-13-6-5-9-26-13/h3-4,7-8,12-13H,5-6,9-10H2,1-2H3,(H,19,24)(H,20,25)/t12-,13+/m0/s1. The van der Waals surface area contributed by atoms with E-state index in [0.717, 1.165) is 12.8 Å². The Balaban J connectivity index is 1.69. The number of rotatable bonds is 7. The molecule has 1 aromatic heterocycles. The smallest absolute Gasteiger partial charge is 0.344 e. The summed E-state index contributed by atoms with van der Waals surface area (Å²) < 4.78 is 7.09. The number of aromatic amines is 1. The topological polar surface area (TPSA) is 106 Å². The quantitative estimate of drug-likeness (QED) is 0.554. The van der Waals surface area contributed by atoms with E-state index >= 15 is 0 Å². The van der Waals surface area contributed by atoms with Crippen LogP contribution in [-0.2, 0) is 16.1 Å². The van der Waals surface area contributed by atoms with Crippen LogP contribution >= 0.6 is 11.8 Å². The van der Waals surface area contributed by atoms with E-state index in [9.17, 15) is 14.4 Å². The summed E-state index contributed by atoms with van der Waals surface area (Å²) in [5.41, 5.74) is 0.613. The first-order valence-electron chi connectivity index (χ1n) is 8.80. The normalized spacial score (nSPS) is 17.6. The Morgan fingerprint density at radius 3 is 2.93 bits per heavy atom. The molecule has 0 unspecified atom stereocenters. The summed E-state index contributed by atoms with van der Waals surface area (Å²) in [6.45, 7) is 4.30. The van der Waals surface area contributed by atoms with Crippen LogP contribution in [0.2, 0.25) is 0 Å². The van der Waals surface area contributed by atoms with Gasteiger partial charge in [0.25, 0.3) is 0 Å². The molecule has 27 heavy (non-hydrogen) atoms. The monoisotopic (exact) mass is 390 g/mol. The number of nitrogens with one attached hydrogen (secondary N) is 2. The van der Waals surface area contributed by atoms with Crippen molar-refractivity contribution in [2.45, 2.75) is 49.7 Å². The van der Waals surface area contributed by atoms with Crippen LogP contribution in [-0.4, -0.2) is 44.4 Å². The fourth-order valence-corrected chi connectivity index (χ4v) is 3.76. The molecule has 2 aromatic rings. The van der Waals surface area contributed by atoms with Crippen LogP contribution in [0.15, 0.2) is 34.2 Å². The van der Waals surface area contributed by atoms with Gasteiger partial charge >= 0.3 is 5.69 Å². The third-order valence-corrected chi connectivity index (χ3v) is 5.44. The second-order valence-electron chi connectivity index (χ2n) is 6.41. The van der Waals surface area contributed by atoms with Crippen LogP contribution in [0.3, 0.4) is 0 Å². The Morgan fingerprint density at radius 1 is 1.44 bits per heavy atom. The highest BCUT2D eigenvalue weighted by Gasteiger charge is 2.23. The second-order valence-corrected chi connectivity index (χ2v) is 7.72. The molecule has 1 aliphatic rings. The van der Waals surface area contributed by atoms with Crippen molar-refractivity contribution in [3.8, 4) is 0 Å². The Hall–Kier alpha value is -2.39. The molecule has 1 aromatic carbocycles. The minimum atomic E-state index is -0.511. The first kappa shape index (κ1) is 19.4. The summed E-state index contributed by atoms with van der Waals surface area (Å²) in [6.07, 6.45) is 1.87. The minimum Gasteiger partial charge on any atom is -0.376 e. The number of thioether (sulfide) groups is 1. The molecule has 2 heterocycles. The van der Waals surface area contributed by atoms with E-state index in [2.05, 4.69) is 15.5 Å². The van der Waals surface area contributed by atoms with Crippen molar-refractivity contribution in [1.29, 1.82) is 0 Å². The highest BCUT2D eigenvalue weighted by atomic mass is 32.2. The van der Waals surface area contributed by atoms with Crippen molar-refractivity contribution in [2.75, 3.05) is 11.9 Å². The van der Waals surface area contributed by atoms with Gasteiger partial charge in [0.2, 0.25) is 5.91 Å². The average molecular weight is 390 g/mol. The fraction of sp³-hybridized carbons (Fsp3) is 0.444. The van der Waals surface area contributed by atoms with Crippen LogP contribution in [0.4, 0.5) is 5.69 Å². The van der Waals surface area contributed by atoms with Gasteiger partial charge in [0.15, 0.2) is 10.9 Å². The molecule has 144 valence electrons. The molecule has 0 radical (unpaired) electrons. The number of benzene rings is 1. The van der Waals surface area contributed by atoms with Gasteiger partial charge in [-0.15, -0.1) is 5.10 Å². The molecule has 1 fully saturated rings. The zero-order valence-corrected chi connectivity index (χ0v) is 16.0. The maximum absolute atomic E-state index is 12.6. The molecule has 0 aliphatic carbocycles. The predicted octanol–water partition coefficient (Wildman–Crippen LogP) is 2.07.